The lowest BCUT2D eigenvalue weighted by molar-refractivity contribution is -0.870. The summed E-state index contributed by atoms with van der Waals surface area (Å²) in [4.78, 5) is 32.5. The Balaban J connectivity index is 1.50. The van der Waals surface area contributed by atoms with Gasteiger partial charge in [-0.15, -0.1) is 0 Å². The van der Waals surface area contributed by atoms with Crippen molar-refractivity contribution in [3.05, 3.63) is 59.2 Å². The second-order valence-electron chi connectivity index (χ2n) is 15.5. The highest BCUT2D eigenvalue weighted by Gasteiger charge is 2.57. The van der Waals surface area contributed by atoms with Crippen molar-refractivity contribution in [1.82, 2.24) is 10.6 Å². The summed E-state index contributed by atoms with van der Waals surface area (Å²) in [5.74, 6) is -4.74. The van der Waals surface area contributed by atoms with Crippen molar-refractivity contribution in [3.8, 4) is 0 Å². The van der Waals surface area contributed by atoms with Crippen LogP contribution in [0.3, 0.4) is 0 Å². The van der Waals surface area contributed by atoms with Gasteiger partial charge in [-0.25, -0.2) is 9.59 Å². The number of aliphatic hydroxyl groups excluding tert-OH is 4. The van der Waals surface area contributed by atoms with E-state index in [1.807, 2.05) is 12.2 Å². The third-order valence-electron chi connectivity index (χ3n) is 11.5. The number of aliphatic imine (C=N–C) groups is 1. The molecular formula is C39H58N5O14S4+. The molecule has 1 saturated carbocycles. The number of aliphatic hydroxyl groups is 6. The molecule has 19 nitrogen and oxygen atoms in total. The lowest BCUT2D eigenvalue weighted by atomic mass is 9.82. The Bertz CT molecular complexity index is 1750. The summed E-state index contributed by atoms with van der Waals surface area (Å²) in [6.07, 6.45) is 4.26. The molecule has 12 unspecified atom stereocenters. The summed E-state index contributed by atoms with van der Waals surface area (Å²) in [6, 6.07) is -0.426. The third-order valence-corrected chi connectivity index (χ3v) is 17.0. The van der Waals surface area contributed by atoms with E-state index >= 15 is 0 Å². The molecule has 62 heavy (non-hydrogen) atoms. The van der Waals surface area contributed by atoms with E-state index in [9.17, 15) is 45.3 Å². The number of nitrogens with two attached hydrogens (primary N) is 1. The maximum absolute atomic E-state index is 14.4. The van der Waals surface area contributed by atoms with Gasteiger partial charge in [0.05, 0.1) is 48.6 Å². The average molecular weight is 949 g/mol. The number of fused-ring (bicyclic) bond motifs is 2. The molecular weight excluding hydrogens is 891 g/mol. The van der Waals surface area contributed by atoms with Gasteiger partial charge in [0.15, 0.2) is 18.4 Å². The number of carbonyl (C=O) groups excluding carboxylic acids is 1. The molecule has 346 valence electrons. The highest BCUT2D eigenvalue weighted by atomic mass is 33.1. The van der Waals surface area contributed by atoms with Crippen LogP contribution in [-0.2, 0) is 33.3 Å². The molecule has 0 spiro atoms. The lowest BCUT2D eigenvalue weighted by Gasteiger charge is -2.47. The summed E-state index contributed by atoms with van der Waals surface area (Å²) in [6.45, 7) is -0.966. The number of hydrogen-bond acceptors (Lipinski definition) is 19. The second-order valence-corrected chi connectivity index (χ2v) is 20.7. The largest absolute Gasteiger partial charge is 0.477 e. The van der Waals surface area contributed by atoms with Crippen LogP contribution in [0.5, 0.6) is 0 Å². The minimum absolute atomic E-state index is 0.0692. The Morgan fingerprint density at radius 3 is 2.68 bits per heavy atom. The number of hydrogen-bond donors (Lipinski definition) is 11. The molecule has 0 amide bonds. The number of nitrogens with zero attached hydrogens (tertiary/aromatic N) is 1. The summed E-state index contributed by atoms with van der Waals surface area (Å²) < 4.78 is 30.4. The van der Waals surface area contributed by atoms with E-state index < -0.39 is 73.1 Å². The maximum atomic E-state index is 14.4. The fraction of sp³-hybridized carbons (Fsp3) is 0.667. The highest BCUT2D eigenvalue weighted by Crippen LogP contribution is 2.42. The topological polar surface area (TPSA) is 289 Å². The summed E-state index contributed by atoms with van der Waals surface area (Å²) in [5, 5.41) is 79.6. The first kappa shape index (κ1) is 49.1. The van der Waals surface area contributed by atoms with Gasteiger partial charge < -0.3 is 70.5 Å². The van der Waals surface area contributed by atoms with Gasteiger partial charge in [-0.3, -0.25) is 15.2 Å². The molecule has 0 radical (unpaired) electrons. The van der Waals surface area contributed by atoms with E-state index in [0.717, 1.165) is 12.8 Å². The van der Waals surface area contributed by atoms with Crippen molar-refractivity contribution in [3.63, 3.8) is 0 Å². The van der Waals surface area contributed by atoms with Crippen molar-refractivity contribution in [2.45, 2.75) is 79.8 Å². The Morgan fingerprint density at radius 1 is 1.11 bits per heavy atom. The average Bonchev–Trinajstić information content (AvgIpc) is 3.68. The fourth-order valence-corrected chi connectivity index (χ4v) is 14.2. The molecule has 2 fully saturated rings. The van der Waals surface area contributed by atoms with Gasteiger partial charge in [0, 0.05) is 47.8 Å². The van der Waals surface area contributed by atoms with E-state index in [1.54, 1.807) is 68.6 Å². The van der Waals surface area contributed by atoms with Crippen LogP contribution in [0.4, 0.5) is 0 Å². The molecule has 6 rings (SSSR count). The number of esters is 1. The Morgan fingerprint density at radius 2 is 1.94 bits per heavy atom. The Hall–Kier alpha value is -2.33. The number of carboxylic acids is 1. The zero-order chi connectivity index (χ0) is 44.4. The monoisotopic (exact) mass is 948 g/mol. The van der Waals surface area contributed by atoms with Gasteiger partial charge in [-0.05, 0) is 32.7 Å². The zero-order valence-electron chi connectivity index (χ0n) is 34.2. The molecule has 12 atom stereocenters. The predicted octanol–water partition coefficient (Wildman–Crippen LogP) is -1.45. The van der Waals surface area contributed by atoms with E-state index in [0.29, 0.717) is 40.6 Å². The molecule has 1 saturated heterocycles. The number of rotatable bonds is 12. The number of guanidine groups is 1. The first-order valence-electron chi connectivity index (χ1n) is 20.5. The van der Waals surface area contributed by atoms with Crippen LogP contribution in [0.25, 0.3) is 0 Å². The smallest absolute Gasteiger partial charge is 0.343 e. The van der Waals surface area contributed by atoms with Crippen molar-refractivity contribution in [2.75, 3.05) is 63.9 Å². The van der Waals surface area contributed by atoms with Gasteiger partial charge in [-0.1, -0.05) is 67.5 Å². The van der Waals surface area contributed by atoms with Crippen LogP contribution in [-0.4, -0.2) is 172 Å². The third kappa shape index (κ3) is 11.7. The Kier molecular flexibility index (Phi) is 18.4. The van der Waals surface area contributed by atoms with Crippen molar-refractivity contribution < 1.29 is 73.9 Å². The molecule has 0 aromatic carbocycles. The maximum Gasteiger partial charge on any atom is 0.343 e. The van der Waals surface area contributed by atoms with E-state index in [4.69, 9.17) is 29.4 Å². The van der Waals surface area contributed by atoms with Crippen molar-refractivity contribution in [1.29, 1.82) is 0 Å². The molecule has 23 heteroatoms. The standard InChI is InChI=1S/C39H57N5O14S4/c1-41-20-55-33-37(57-29(16-47)32(48)39(33,52)53)58-36-24-6-3-12-59-60-19-30-27(15-46)44-13-21(31(25(14-44)34(49)50)43-38(40)42-10-4-11-45)8-9-23(24)26(17-54-36)35(51)56-28-7-2-5-22(28)18-61-62-30/h3,6,8-9,14,17,22-24,27-30,32-33,36-37,41,45-48,52-53H,2,4-5,7,10-13,15-16,18-20H2,1H3,(H,49,50)(H3,40,42,43)/p+1. The van der Waals surface area contributed by atoms with Gasteiger partial charge in [0.25, 0.3) is 0 Å². The highest BCUT2D eigenvalue weighted by molar-refractivity contribution is 8.78. The van der Waals surface area contributed by atoms with Crippen LogP contribution >= 0.6 is 43.2 Å². The normalized spacial score (nSPS) is 35.5. The quantitative estimate of drug-likeness (QED) is 0.0203. The number of carboxylic acid groups (broad SMARTS) is 1. The first-order chi connectivity index (χ1) is 29.9. The molecule has 6 aliphatic rings. The predicted molar refractivity (Wildman–Crippen MR) is 234 cm³/mol. The van der Waals surface area contributed by atoms with E-state index in [2.05, 4.69) is 15.6 Å². The van der Waals surface area contributed by atoms with Crippen molar-refractivity contribution in [2.24, 2.45) is 28.5 Å². The molecule has 4 bridgehead atoms. The number of quaternary nitrogens is 1. The first-order valence-corrected chi connectivity index (χ1v) is 25.4. The minimum Gasteiger partial charge on any atom is -0.477 e. The van der Waals surface area contributed by atoms with Crippen LogP contribution in [0.15, 0.2) is 64.2 Å². The van der Waals surface area contributed by atoms with Crippen LogP contribution in [0.2, 0.25) is 0 Å². The summed E-state index contributed by atoms with van der Waals surface area (Å²) in [7, 11) is 8.05. The number of aliphatic carboxylic acids is 1. The molecule has 12 N–H and O–H groups in total. The Labute approximate surface area is 375 Å². The zero-order valence-corrected chi connectivity index (χ0v) is 37.4. The van der Waals surface area contributed by atoms with E-state index in [1.165, 1.54) is 6.26 Å². The molecule has 5 heterocycles. The number of ether oxygens (including phenoxy) is 5. The lowest BCUT2D eigenvalue weighted by Crippen LogP contribution is -3.14. The molecule has 0 aromatic heterocycles. The van der Waals surface area contributed by atoms with Crippen LogP contribution in [0.1, 0.15) is 25.7 Å². The molecule has 5 aliphatic heterocycles. The second kappa shape index (κ2) is 23.2. The van der Waals surface area contributed by atoms with Crippen LogP contribution < -0.4 is 21.3 Å². The number of allylic oxidation sites excluding steroid dienone is 1. The van der Waals surface area contributed by atoms with Gasteiger partial charge in [-0.2, -0.15) is 0 Å². The number of nitrogens with one attached hydrogen (secondary N) is 3. The van der Waals surface area contributed by atoms with Crippen molar-refractivity contribution >= 4 is 61.1 Å². The van der Waals surface area contributed by atoms with Gasteiger partial charge in [0.1, 0.15) is 42.7 Å². The molecule has 1 aliphatic carbocycles. The summed E-state index contributed by atoms with van der Waals surface area (Å²) in [5.41, 5.74) is 6.93. The molecule has 0 aromatic rings. The summed E-state index contributed by atoms with van der Waals surface area (Å²) >= 11 is 0. The minimum atomic E-state index is -2.94. The number of carbonyl (C=O) groups is 2. The fourth-order valence-electron chi connectivity index (χ4n) is 8.16. The van der Waals surface area contributed by atoms with Crippen LogP contribution in [0, 0.1) is 17.8 Å². The van der Waals surface area contributed by atoms with Gasteiger partial charge >= 0.3 is 11.9 Å². The SMILES string of the molecule is CNCOC1C(OC2OC=C3C(=O)OC4CCCC4CSSC4CSSCC=CC2C3C=CC2=C(NC(N)=NCCCO)C(C(=O)O)=C[NH+](C2)C4CO)OC(CO)C(O)C1(O)O. The van der Waals surface area contributed by atoms with E-state index in [-0.39, 0.29) is 73.1 Å². The van der Waals surface area contributed by atoms with Gasteiger partial charge in [0.2, 0.25) is 12.1 Å².